The minimum atomic E-state index is -0.668. The molecule has 0 bridgehead atoms. The Morgan fingerprint density at radius 2 is 1.53 bits per heavy atom. The molecule has 2 rings (SSSR count). The van der Waals surface area contributed by atoms with Crippen molar-refractivity contribution in [2.24, 2.45) is 0 Å². The molecule has 1 atom stereocenters. The van der Waals surface area contributed by atoms with E-state index in [1.165, 1.54) is 12.1 Å². The average molecular weight is 281 g/mol. The molecular weight excluding hydrogens is 267 g/mol. The number of hydrogen-bond acceptors (Lipinski definition) is 2. The Bertz CT molecular complexity index is 511. The van der Waals surface area contributed by atoms with Gasteiger partial charge in [-0.25, -0.2) is 4.39 Å². The fraction of sp³-hybridized carbons (Fsp3) is 0.200. The Hall–Kier alpha value is -1.58. The highest BCUT2D eigenvalue weighted by molar-refractivity contribution is 6.18. The molecule has 0 aliphatic carbocycles. The first-order valence-electron chi connectivity index (χ1n) is 5.92. The van der Waals surface area contributed by atoms with Crippen molar-refractivity contribution in [2.75, 3.05) is 12.5 Å². The van der Waals surface area contributed by atoms with Crippen LogP contribution < -0.4 is 4.74 Å². The van der Waals surface area contributed by atoms with Crippen molar-refractivity contribution in [3.63, 3.8) is 0 Å². The van der Waals surface area contributed by atoms with E-state index in [0.29, 0.717) is 5.75 Å². The number of ether oxygens (including phenoxy) is 1. The van der Waals surface area contributed by atoms with E-state index >= 15 is 0 Å². The van der Waals surface area contributed by atoms with E-state index in [1.54, 1.807) is 24.3 Å². The van der Waals surface area contributed by atoms with Gasteiger partial charge in [0.15, 0.2) is 0 Å². The molecule has 2 aromatic carbocycles. The fourth-order valence-corrected chi connectivity index (χ4v) is 1.71. The molecular formula is C15H14ClFO2. The first kappa shape index (κ1) is 13.8. The topological polar surface area (TPSA) is 29.5 Å². The van der Waals surface area contributed by atoms with E-state index in [1.807, 2.05) is 12.1 Å². The van der Waals surface area contributed by atoms with E-state index in [9.17, 15) is 9.50 Å². The first-order chi connectivity index (χ1) is 9.19. The predicted octanol–water partition coefficient (Wildman–Crippen LogP) is 3.47. The molecule has 19 heavy (non-hydrogen) atoms. The van der Waals surface area contributed by atoms with Gasteiger partial charge < -0.3 is 9.84 Å². The van der Waals surface area contributed by atoms with Gasteiger partial charge in [0.1, 0.15) is 24.3 Å². The SMILES string of the molecule is OC(CCl)COc1ccc(-c2ccc(F)cc2)cc1. The largest absolute Gasteiger partial charge is 0.491 e. The summed E-state index contributed by atoms with van der Waals surface area (Å²) in [7, 11) is 0. The van der Waals surface area contributed by atoms with Crippen LogP contribution in [0.15, 0.2) is 48.5 Å². The van der Waals surface area contributed by atoms with Gasteiger partial charge in [-0.1, -0.05) is 24.3 Å². The maximum Gasteiger partial charge on any atom is 0.123 e. The van der Waals surface area contributed by atoms with Crippen molar-refractivity contribution in [3.05, 3.63) is 54.3 Å². The smallest absolute Gasteiger partial charge is 0.123 e. The Morgan fingerprint density at radius 3 is 2.05 bits per heavy atom. The molecule has 0 aliphatic heterocycles. The molecule has 1 unspecified atom stereocenters. The average Bonchev–Trinajstić information content (AvgIpc) is 2.46. The quantitative estimate of drug-likeness (QED) is 0.850. The van der Waals surface area contributed by atoms with Crippen LogP contribution in [0.4, 0.5) is 4.39 Å². The Labute approximate surface area is 116 Å². The molecule has 0 saturated carbocycles. The van der Waals surface area contributed by atoms with Crippen LogP contribution in [0.2, 0.25) is 0 Å². The summed E-state index contributed by atoms with van der Waals surface area (Å²) >= 11 is 5.48. The van der Waals surface area contributed by atoms with Crippen LogP contribution in [0.25, 0.3) is 11.1 Å². The summed E-state index contributed by atoms with van der Waals surface area (Å²) in [4.78, 5) is 0. The molecule has 1 N–H and O–H groups in total. The van der Waals surface area contributed by atoms with Crippen LogP contribution in [-0.4, -0.2) is 23.7 Å². The van der Waals surface area contributed by atoms with Gasteiger partial charge in [0.25, 0.3) is 0 Å². The highest BCUT2D eigenvalue weighted by Crippen LogP contribution is 2.22. The first-order valence-corrected chi connectivity index (χ1v) is 6.45. The number of aliphatic hydroxyl groups is 1. The number of alkyl halides is 1. The highest BCUT2D eigenvalue weighted by Gasteiger charge is 2.03. The lowest BCUT2D eigenvalue weighted by Crippen LogP contribution is -2.18. The van der Waals surface area contributed by atoms with Gasteiger partial charge in [-0.2, -0.15) is 0 Å². The number of aliphatic hydroxyl groups excluding tert-OH is 1. The van der Waals surface area contributed by atoms with Crippen molar-refractivity contribution in [1.29, 1.82) is 0 Å². The van der Waals surface area contributed by atoms with E-state index < -0.39 is 6.10 Å². The summed E-state index contributed by atoms with van der Waals surface area (Å²) in [6, 6.07) is 13.7. The third kappa shape index (κ3) is 3.94. The van der Waals surface area contributed by atoms with Crippen LogP contribution in [-0.2, 0) is 0 Å². The standard InChI is InChI=1S/C15H14ClFO2/c16-9-14(18)10-19-15-7-3-12(4-8-15)11-1-5-13(17)6-2-11/h1-8,14,18H,9-10H2. The maximum atomic E-state index is 12.8. The van der Waals surface area contributed by atoms with E-state index in [-0.39, 0.29) is 18.3 Å². The Kier molecular flexibility index (Phi) is 4.77. The summed E-state index contributed by atoms with van der Waals surface area (Å²) in [6.07, 6.45) is -0.668. The molecule has 0 fully saturated rings. The molecule has 0 aliphatic rings. The molecule has 0 amide bonds. The van der Waals surface area contributed by atoms with Gasteiger partial charge in [0, 0.05) is 0 Å². The molecule has 0 radical (unpaired) electrons. The molecule has 0 spiro atoms. The van der Waals surface area contributed by atoms with Crippen molar-refractivity contribution < 1.29 is 14.2 Å². The Morgan fingerprint density at radius 1 is 1.00 bits per heavy atom. The van der Waals surface area contributed by atoms with Crippen molar-refractivity contribution in [1.82, 2.24) is 0 Å². The molecule has 2 nitrogen and oxygen atoms in total. The van der Waals surface area contributed by atoms with E-state index in [0.717, 1.165) is 11.1 Å². The maximum absolute atomic E-state index is 12.8. The monoisotopic (exact) mass is 280 g/mol. The van der Waals surface area contributed by atoms with Gasteiger partial charge in [-0.15, -0.1) is 11.6 Å². The minimum absolute atomic E-state index is 0.146. The third-order valence-corrected chi connectivity index (χ3v) is 3.01. The van der Waals surface area contributed by atoms with Gasteiger partial charge >= 0.3 is 0 Å². The third-order valence-electron chi connectivity index (χ3n) is 2.65. The second kappa shape index (κ2) is 6.55. The highest BCUT2D eigenvalue weighted by atomic mass is 35.5. The van der Waals surface area contributed by atoms with Crippen LogP contribution in [0.3, 0.4) is 0 Å². The lowest BCUT2D eigenvalue weighted by Gasteiger charge is -2.10. The lowest BCUT2D eigenvalue weighted by molar-refractivity contribution is 0.125. The van der Waals surface area contributed by atoms with E-state index in [2.05, 4.69) is 0 Å². The summed E-state index contributed by atoms with van der Waals surface area (Å²) in [6.45, 7) is 0.166. The van der Waals surface area contributed by atoms with Crippen LogP contribution >= 0.6 is 11.6 Å². The van der Waals surface area contributed by atoms with Gasteiger partial charge in [-0.3, -0.25) is 0 Å². The normalized spacial score (nSPS) is 12.2. The molecule has 0 saturated heterocycles. The number of hydrogen-bond donors (Lipinski definition) is 1. The summed E-state index contributed by atoms with van der Waals surface area (Å²) < 4.78 is 18.2. The minimum Gasteiger partial charge on any atom is -0.491 e. The van der Waals surface area contributed by atoms with Gasteiger partial charge in [-0.05, 0) is 35.4 Å². The number of benzene rings is 2. The van der Waals surface area contributed by atoms with Crippen molar-refractivity contribution in [2.45, 2.75) is 6.10 Å². The summed E-state index contributed by atoms with van der Waals surface area (Å²) in [5.74, 6) is 0.557. The number of rotatable bonds is 5. The van der Waals surface area contributed by atoms with Crippen LogP contribution in [0.5, 0.6) is 5.75 Å². The van der Waals surface area contributed by atoms with Gasteiger partial charge in [0.05, 0.1) is 5.88 Å². The van der Waals surface area contributed by atoms with Crippen LogP contribution in [0.1, 0.15) is 0 Å². The molecule has 4 heteroatoms. The molecule has 100 valence electrons. The van der Waals surface area contributed by atoms with Crippen LogP contribution in [0, 0.1) is 5.82 Å². The number of halogens is 2. The zero-order valence-corrected chi connectivity index (χ0v) is 11.0. The summed E-state index contributed by atoms with van der Waals surface area (Å²) in [5.41, 5.74) is 1.92. The van der Waals surface area contributed by atoms with Crippen molar-refractivity contribution in [3.8, 4) is 16.9 Å². The zero-order valence-electron chi connectivity index (χ0n) is 10.2. The zero-order chi connectivity index (χ0) is 13.7. The lowest BCUT2D eigenvalue weighted by atomic mass is 10.1. The second-order valence-electron chi connectivity index (χ2n) is 4.15. The fourth-order valence-electron chi connectivity index (χ4n) is 1.62. The predicted molar refractivity (Wildman–Crippen MR) is 74.1 cm³/mol. The second-order valence-corrected chi connectivity index (χ2v) is 4.46. The summed E-state index contributed by atoms with van der Waals surface area (Å²) in [5, 5.41) is 9.29. The molecule has 0 heterocycles. The van der Waals surface area contributed by atoms with Crippen molar-refractivity contribution >= 4 is 11.6 Å². The molecule has 0 aromatic heterocycles. The van der Waals surface area contributed by atoms with E-state index in [4.69, 9.17) is 16.3 Å². The van der Waals surface area contributed by atoms with Gasteiger partial charge in [0.2, 0.25) is 0 Å². The Balaban J connectivity index is 2.04. The molecule has 2 aromatic rings.